The Bertz CT molecular complexity index is 970. The molecule has 2 aromatic rings. The van der Waals surface area contributed by atoms with E-state index in [0.29, 0.717) is 25.1 Å². The van der Waals surface area contributed by atoms with Gasteiger partial charge in [-0.3, -0.25) is 9.58 Å². The summed E-state index contributed by atoms with van der Waals surface area (Å²) in [6, 6.07) is 8.68. The predicted molar refractivity (Wildman–Crippen MR) is 143 cm³/mol. The number of amides is 1. The van der Waals surface area contributed by atoms with Gasteiger partial charge in [-0.05, 0) is 74.7 Å². The number of aryl methyl sites for hydroxylation is 1. The van der Waals surface area contributed by atoms with Crippen LogP contribution in [0.1, 0.15) is 64.8 Å². The van der Waals surface area contributed by atoms with Crippen molar-refractivity contribution in [2.45, 2.75) is 84.6 Å². The first-order chi connectivity index (χ1) is 16.5. The van der Waals surface area contributed by atoms with Crippen molar-refractivity contribution in [1.29, 1.82) is 0 Å². The van der Waals surface area contributed by atoms with E-state index >= 15 is 0 Å². The summed E-state index contributed by atoms with van der Waals surface area (Å²) in [4.78, 5) is 15.0. The lowest BCUT2D eigenvalue weighted by molar-refractivity contribution is 0.0197. The topological polar surface area (TPSA) is 68.6 Å². The number of hydrogen-bond donors (Lipinski definition) is 1. The van der Waals surface area contributed by atoms with Gasteiger partial charge in [0.25, 0.3) is 0 Å². The van der Waals surface area contributed by atoms with E-state index in [1.807, 2.05) is 61.3 Å². The fraction of sp³-hybridized carbons (Fsp3) is 0.630. The Balaban J connectivity index is 1.67. The SMILES string of the molecule is CC(C)NC[C@H](C)CCS[C@@H]1Cc2ccc(OCc3ccnn3C)cc2CN1C(=O)OC(C)(C)C. The molecule has 3 rings (SSSR count). The van der Waals surface area contributed by atoms with Gasteiger partial charge < -0.3 is 14.8 Å². The third-order valence-corrected chi connectivity index (χ3v) is 7.27. The molecule has 0 saturated heterocycles. The lowest BCUT2D eigenvalue weighted by atomic mass is 9.99. The average Bonchev–Trinajstić information content (AvgIpc) is 3.19. The first-order valence-corrected chi connectivity index (χ1v) is 13.6. The number of benzene rings is 1. The van der Waals surface area contributed by atoms with Crippen LogP contribution in [0.25, 0.3) is 0 Å². The van der Waals surface area contributed by atoms with Crippen molar-refractivity contribution >= 4 is 17.9 Å². The maximum Gasteiger partial charge on any atom is 0.411 e. The van der Waals surface area contributed by atoms with Crippen molar-refractivity contribution in [2.24, 2.45) is 13.0 Å². The smallest absolute Gasteiger partial charge is 0.411 e. The third kappa shape index (κ3) is 8.46. The summed E-state index contributed by atoms with van der Waals surface area (Å²) in [6.07, 6.45) is 3.43. The lowest BCUT2D eigenvalue weighted by Gasteiger charge is -2.37. The molecule has 0 unspecified atom stereocenters. The number of nitrogens with zero attached hydrogens (tertiary/aromatic N) is 3. The number of thioether (sulfide) groups is 1. The molecule has 1 aliphatic heterocycles. The Morgan fingerprint density at radius 1 is 1.23 bits per heavy atom. The minimum absolute atomic E-state index is 0.0591. The van der Waals surface area contributed by atoms with Crippen molar-refractivity contribution < 1.29 is 14.3 Å². The van der Waals surface area contributed by atoms with Gasteiger partial charge >= 0.3 is 6.09 Å². The molecule has 0 spiro atoms. The number of carbonyl (C=O) groups is 1. The van der Waals surface area contributed by atoms with Gasteiger partial charge in [0.15, 0.2) is 0 Å². The molecular formula is C27H42N4O3S. The van der Waals surface area contributed by atoms with Crippen LogP contribution >= 0.6 is 11.8 Å². The van der Waals surface area contributed by atoms with Crippen molar-refractivity contribution in [3.8, 4) is 5.75 Å². The second kappa shape index (κ2) is 12.2. The van der Waals surface area contributed by atoms with Gasteiger partial charge in [-0.1, -0.05) is 26.8 Å². The van der Waals surface area contributed by atoms with Crippen LogP contribution in [0, 0.1) is 5.92 Å². The molecule has 1 aliphatic rings. The number of aromatic nitrogens is 2. The maximum atomic E-state index is 13.2. The highest BCUT2D eigenvalue weighted by atomic mass is 32.2. The van der Waals surface area contributed by atoms with Gasteiger partial charge in [-0.25, -0.2) is 4.79 Å². The van der Waals surface area contributed by atoms with Gasteiger partial charge in [0.05, 0.1) is 17.6 Å². The molecule has 0 bridgehead atoms. The second-order valence-corrected chi connectivity index (χ2v) is 12.0. The molecule has 35 heavy (non-hydrogen) atoms. The molecule has 0 saturated carbocycles. The molecule has 0 aliphatic carbocycles. The number of fused-ring (bicyclic) bond motifs is 1. The molecule has 194 valence electrons. The van der Waals surface area contributed by atoms with Gasteiger partial charge in [-0.2, -0.15) is 5.10 Å². The van der Waals surface area contributed by atoms with Gasteiger partial charge in [0.2, 0.25) is 0 Å². The summed E-state index contributed by atoms with van der Waals surface area (Å²) in [5.41, 5.74) is 2.86. The zero-order valence-corrected chi connectivity index (χ0v) is 23.2. The van der Waals surface area contributed by atoms with E-state index in [-0.39, 0.29) is 11.5 Å². The molecule has 1 aromatic heterocycles. The summed E-state index contributed by atoms with van der Waals surface area (Å²) in [5.74, 6) is 2.40. The Morgan fingerprint density at radius 2 is 2.00 bits per heavy atom. The van der Waals surface area contributed by atoms with Crippen molar-refractivity contribution in [1.82, 2.24) is 20.0 Å². The lowest BCUT2D eigenvalue weighted by Crippen LogP contribution is -2.45. The van der Waals surface area contributed by atoms with Crippen LogP contribution in [0.4, 0.5) is 4.79 Å². The Labute approximate surface area is 214 Å². The number of carbonyl (C=O) groups excluding carboxylic acids is 1. The average molecular weight is 503 g/mol. The molecule has 2 atom stereocenters. The number of rotatable bonds is 10. The Morgan fingerprint density at radius 3 is 2.66 bits per heavy atom. The molecule has 1 amide bonds. The number of nitrogens with one attached hydrogen (secondary N) is 1. The molecule has 7 nitrogen and oxygen atoms in total. The molecule has 0 fully saturated rings. The minimum Gasteiger partial charge on any atom is -0.487 e. The zero-order valence-electron chi connectivity index (χ0n) is 22.3. The van der Waals surface area contributed by atoms with Crippen molar-refractivity contribution in [2.75, 3.05) is 12.3 Å². The van der Waals surface area contributed by atoms with Gasteiger partial charge in [0.1, 0.15) is 18.0 Å². The Kier molecular flexibility index (Phi) is 9.53. The largest absolute Gasteiger partial charge is 0.487 e. The van der Waals surface area contributed by atoms with E-state index < -0.39 is 5.60 Å². The van der Waals surface area contributed by atoms with Gasteiger partial charge in [-0.15, -0.1) is 11.8 Å². The predicted octanol–water partition coefficient (Wildman–Crippen LogP) is 5.38. The monoisotopic (exact) mass is 502 g/mol. The number of hydrogen-bond acceptors (Lipinski definition) is 6. The van der Waals surface area contributed by atoms with Crippen LogP contribution in [-0.4, -0.2) is 50.1 Å². The second-order valence-electron chi connectivity index (χ2n) is 10.8. The summed E-state index contributed by atoms with van der Waals surface area (Å²) < 4.78 is 13.6. The van der Waals surface area contributed by atoms with E-state index in [1.165, 1.54) is 5.56 Å². The van der Waals surface area contributed by atoms with Gasteiger partial charge in [0, 0.05) is 25.7 Å². The standard InChI is InChI=1S/C27H42N4O3S/c1-19(2)28-16-20(3)11-13-35-25-15-21-8-9-24(33-18-23-10-12-29-30(23)7)14-22(21)17-31(25)26(32)34-27(4,5)6/h8-10,12,14,19-20,25,28H,11,13,15-18H2,1-7H3/t20-,25-/m1/s1. The van der Waals surface area contributed by atoms with Crippen LogP contribution in [0.15, 0.2) is 30.5 Å². The van der Waals surface area contributed by atoms with Crippen molar-refractivity contribution in [3.05, 3.63) is 47.3 Å². The minimum atomic E-state index is -0.530. The molecule has 1 N–H and O–H groups in total. The summed E-state index contributed by atoms with van der Waals surface area (Å²) >= 11 is 1.86. The third-order valence-electron chi connectivity index (χ3n) is 5.99. The van der Waals surface area contributed by atoms with Crippen molar-refractivity contribution in [3.63, 3.8) is 0 Å². The molecular weight excluding hydrogens is 460 g/mol. The number of ether oxygens (including phenoxy) is 2. The zero-order chi connectivity index (χ0) is 25.6. The van der Waals surface area contributed by atoms with E-state index in [9.17, 15) is 4.79 Å². The molecule has 0 radical (unpaired) electrons. The fourth-order valence-electron chi connectivity index (χ4n) is 3.92. The normalized spacial score (nSPS) is 16.8. The summed E-state index contributed by atoms with van der Waals surface area (Å²) in [6.45, 7) is 14.4. The van der Waals surface area contributed by atoms with Crippen LogP contribution in [0.3, 0.4) is 0 Å². The first-order valence-electron chi connectivity index (χ1n) is 12.6. The summed E-state index contributed by atoms with van der Waals surface area (Å²) in [7, 11) is 1.91. The molecule has 1 aromatic carbocycles. The summed E-state index contributed by atoms with van der Waals surface area (Å²) in [5, 5.41) is 7.77. The van der Waals surface area contributed by atoms with Crippen LogP contribution < -0.4 is 10.1 Å². The Hall–Kier alpha value is -2.19. The fourth-order valence-corrected chi connectivity index (χ4v) is 5.37. The van der Waals surface area contributed by atoms with E-state index in [0.717, 1.165) is 42.1 Å². The van der Waals surface area contributed by atoms with Crippen LogP contribution in [0.5, 0.6) is 5.75 Å². The highest BCUT2D eigenvalue weighted by Crippen LogP contribution is 2.33. The van der Waals surface area contributed by atoms with Crippen LogP contribution in [-0.2, 0) is 31.4 Å². The maximum absolute atomic E-state index is 13.2. The quantitative estimate of drug-likeness (QED) is 0.471. The van der Waals surface area contributed by atoms with E-state index in [2.05, 4.69) is 43.3 Å². The van der Waals surface area contributed by atoms with E-state index in [1.54, 1.807) is 6.20 Å². The van der Waals surface area contributed by atoms with E-state index in [4.69, 9.17) is 9.47 Å². The molecule has 8 heteroatoms. The molecule has 2 heterocycles. The highest BCUT2D eigenvalue weighted by molar-refractivity contribution is 7.99. The first kappa shape index (κ1) is 27.4. The highest BCUT2D eigenvalue weighted by Gasteiger charge is 2.33. The van der Waals surface area contributed by atoms with Crippen LogP contribution in [0.2, 0.25) is 0 Å².